The van der Waals surface area contributed by atoms with Crippen LogP contribution in [-0.4, -0.2) is 4.98 Å². The Hall–Kier alpha value is -1.54. The number of fused-ring (bicyclic) bond motifs is 1. The normalized spacial score (nSPS) is 17.4. The van der Waals surface area contributed by atoms with Crippen LogP contribution in [0.15, 0.2) is 30.3 Å². The van der Waals surface area contributed by atoms with E-state index in [1.54, 1.807) is 0 Å². The third-order valence-electron chi connectivity index (χ3n) is 4.14. The van der Waals surface area contributed by atoms with Crippen molar-refractivity contribution in [1.82, 2.24) is 4.98 Å². The summed E-state index contributed by atoms with van der Waals surface area (Å²) in [5.41, 5.74) is 5.82. The first kappa shape index (κ1) is 14.4. The number of pyridine rings is 1. The number of alkyl halides is 1. The molecule has 1 unspecified atom stereocenters. The van der Waals surface area contributed by atoms with Crippen LogP contribution in [0.4, 0.5) is 0 Å². The van der Waals surface area contributed by atoms with Gasteiger partial charge in [-0.1, -0.05) is 24.3 Å². The summed E-state index contributed by atoms with van der Waals surface area (Å²) in [4.78, 5) is 4.57. The SMILES string of the molecule is Cc1cc(C)c(CCl)c(OC2CCCc3ccccc32)n1. The van der Waals surface area contributed by atoms with Gasteiger partial charge < -0.3 is 4.74 Å². The lowest BCUT2D eigenvalue weighted by atomic mass is 9.89. The molecule has 2 aromatic rings. The summed E-state index contributed by atoms with van der Waals surface area (Å²) in [6.45, 7) is 4.06. The fourth-order valence-corrected chi connectivity index (χ4v) is 3.38. The molecule has 1 aromatic heterocycles. The van der Waals surface area contributed by atoms with E-state index in [1.807, 2.05) is 6.92 Å². The Morgan fingerprint density at radius 1 is 1.29 bits per heavy atom. The molecule has 0 amide bonds. The van der Waals surface area contributed by atoms with Crippen molar-refractivity contribution in [2.24, 2.45) is 0 Å². The highest BCUT2D eigenvalue weighted by Gasteiger charge is 2.23. The van der Waals surface area contributed by atoms with Crippen molar-refractivity contribution in [3.63, 3.8) is 0 Å². The van der Waals surface area contributed by atoms with E-state index >= 15 is 0 Å². The van der Waals surface area contributed by atoms with Crippen molar-refractivity contribution >= 4 is 11.6 Å². The second kappa shape index (κ2) is 6.07. The van der Waals surface area contributed by atoms with Gasteiger partial charge in [0.2, 0.25) is 5.88 Å². The Morgan fingerprint density at radius 2 is 2.10 bits per heavy atom. The molecular formula is C18H20ClNO. The molecular weight excluding hydrogens is 282 g/mol. The quantitative estimate of drug-likeness (QED) is 0.753. The minimum atomic E-state index is 0.0885. The van der Waals surface area contributed by atoms with Gasteiger partial charge in [-0.2, -0.15) is 0 Å². The van der Waals surface area contributed by atoms with Crippen LogP contribution in [0, 0.1) is 13.8 Å². The summed E-state index contributed by atoms with van der Waals surface area (Å²) in [6.07, 6.45) is 3.42. The van der Waals surface area contributed by atoms with Crippen LogP contribution in [0.1, 0.15) is 46.9 Å². The number of rotatable bonds is 3. The van der Waals surface area contributed by atoms with Gasteiger partial charge in [0.1, 0.15) is 6.10 Å². The molecule has 0 bridgehead atoms. The summed E-state index contributed by atoms with van der Waals surface area (Å²) < 4.78 is 6.27. The maximum Gasteiger partial charge on any atom is 0.218 e. The molecule has 1 atom stereocenters. The van der Waals surface area contributed by atoms with Crippen LogP contribution in [0.3, 0.4) is 0 Å². The number of hydrogen-bond donors (Lipinski definition) is 0. The van der Waals surface area contributed by atoms with Gasteiger partial charge in [0.25, 0.3) is 0 Å². The smallest absolute Gasteiger partial charge is 0.218 e. The molecule has 1 aliphatic carbocycles. The van der Waals surface area contributed by atoms with Crippen LogP contribution < -0.4 is 4.74 Å². The maximum absolute atomic E-state index is 6.27. The molecule has 0 N–H and O–H groups in total. The Balaban J connectivity index is 1.95. The van der Waals surface area contributed by atoms with Gasteiger partial charge in [-0.3, -0.25) is 0 Å². The molecule has 0 radical (unpaired) electrons. The van der Waals surface area contributed by atoms with Crippen molar-refractivity contribution in [3.05, 3.63) is 58.3 Å². The van der Waals surface area contributed by atoms with Crippen LogP contribution >= 0.6 is 11.6 Å². The number of benzene rings is 1. The minimum Gasteiger partial charge on any atom is -0.469 e. The lowest BCUT2D eigenvalue weighted by molar-refractivity contribution is 0.174. The Morgan fingerprint density at radius 3 is 2.90 bits per heavy atom. The maximum atomic E-state index is 6.27. The van der Waals surface area contributed by atoms with Gasteiger partial charge in [-0.25, -0.2) is 4.98 Å². The van der Waals surface area contributed by atoms with E-state index in [0.717, 1.165) is 36.1 Å². The molecule has 110 valence electrons. The van der Waals surface area contributed by atoms with Gasteiger partial charge in [-0.15, -0.1) is 11.6 Å². The molecule has 3 rings (SSSR count). The second-order valence-electron chi connectivity index (χ2n) is 5.70. The minimum absolute atomic E-state index is 0.0885. The van der Waals surface area contributed by atoms with Crippen LogP contribution in [0.25, 0.3) is 0 Å². The molecule has 21 heavy (non-hydrogen) atoms. The standard InChI is InChI=1S/C18H20ClNO/c1-12-10-13(2)20-18(16(12)11-19)21-17-9-5-7-14-6-3-4-8-15(14)17/h3-4,6,8,10,17H,5,7,9,11H2,1-2H3. The van der Waals surface area contributed by atoms with Gasteiger partial charge >= 0.3 is 0 Å². The number of aromatic nitrogens is 1. The summed E-state index contributed by atoms with van der Waals surface area (Å²) in [7, 11) is 0. The molecule has 0 aliphatic heterocycles. The molecule has 0 saturated heterocycles. The van der Waals surface area contributed by atoms with Gasteiger partial charge in [0.15, 0.2) is 0 Å². The predicted octanol–water partition coefficient (Wildman–Crippen LogP) is 4.89. The summed E-state index contributed by atoms with van der Waals surface area (Å²) in [6, 6.07) is 10.6. The third-order valence-corrected chi connectivity index (χ3v) is 4.41. The highest BCUT2D eigenvalue weighted by molar-refractivity contribution is 6.17. The van der Waals surface area contributed by atoms with Crippen molar-refractivity contribution < 1.29 is 4.74 Å². The largest absolute Gasteiger partial charge is 0.469 e. The zero-order valence-corrected chi connectivity index (χ0v) is 13.3. The first-order chi connectivity index (χ1) is 10.2. The van der Waals surface area contributed by atoms with Gasteiger partial charge in [-0.05, 0) is 55.9 Å². The predicted molar refractivity (Wildman–Crippen MR) is 86.0 cm³/mol. The molecule has 0 spiro atoms. The topological polar surface area (TPSA) is 22.1 Å². The second-order valence-corrected chi connectivity index (χ2v) is 5.96. The summed E-state index contributed by atoms with van der Waals surface area (Å²) in [5.74, 6) is 1.13. The summed E-state index contributed by atoms with van der Waals surface area (Å²) >= 11 is 6.09. The van der Waals surface area contributed by atoms with Crippen LogP contribution in [-0.2, 0) is 12.3 Å². The molecule has 1 aromatic carbocycles. The van der Waals surface area contributed by atoms with E-state index in [0.29, 0.717) is 11.8 Å². The lowest BCUT2D eigenvalue weighted by Crippen LogP contribution is -2.16. The Bertz CT molecular complexity index is 654. The lowest BCUT2D eigenvalue weighted by Gasteiger charge is -2.27. The van der Waals surface area contributed by atoms with E-state index in [-0.39, 0.29) is 6.10 Å². The number of ether oxygens (including phenoxy) is 1. The Kier molecular flexibility index (Phi) is 4.16. The van der Waals surface area contributed by atoms with Crippen LogP contribution in [0.2, 0.25) is 0 Å². The van der Waals surface area contributed by atoms with E-state index in [2.05, 4.69) is 42.2 Å². The molecule has 1 aliphatic rings. The molecule has 3 heteroatoms. The van der Waals surface area contributed by atoms with Crippen molar-refractivity contribution in [1.29, 1.82) is 0 Å². The zero-order valence-electron chi connectivity index (χ0n) is 12.5. The fraction of sp³-hybridized carbons (Fsp3) is 0.389. The van der Waals surface area contributed by atoms with E-state index in [1.165, 1.54) is 11.1 Å². The van der Waals surface area contributed by atoms with Gasteiger partial charge in [0, 0.05) is 11.3 Å². The number of hydrogen-bond acceptors (Lipinski definition) is 2. The number of aryl methyl sites for hydroxylation is 3. The molecule has 0 fully saturated rings. The average Bonchev–Trinajstić information content (AvgIpc) is 2.47. The third kappa shape index (κ3) is 2.91. The van der Waals surface area contributed by atoms with Crippen LogP contribution in [0.5, 0.6) is 5.88 Å². The van der Waals surface area contributed by atoms with Crippen molar-refractivity contribution in [2.45, 2.75) is 45.1 Å². The zero-order chi connectivity index (χ0) is 14.8. The van der Waals surface area contributed by atoms with Gasteiger partial charge in [0.05, 0.1) is 5.88 Å². The highest BCUT2D eigenvalue weighted by Crippen LogP contribution is 2.35. The highest BCUT2D eigenvalue weighted by atomic mass is 35.5. The number of halogens is 1. The molecule has 1 heterocycles. The average molecular weight is 302 g/mol. The summed E-state index contributed by atoms with van der Waals surface area (Å²) in [5, 5.41) is 0. The van der Waals surface area contributed by atoms with E-state index in [4.69, 9.17) is 16.3 Å². The fourth-order valence-electron chi connectivity index (χ4n) is 3.06. The molecule has 0 saturated carbocycles. The van der Waals surface area contributed by atoms with E-state index < -0.39 is 0 Å². The van der Waals surface area contributed by atoms with Crippen molar-refractivity contribution in [3.8, 4) is 5.88 Å². The first-order valence-electron chi connectivity index (χ1n) is 7.46. The first-order valence-corrected chi connectivity index (χ1v) is 8.00. The Labute approximate surface area is 131 Å². The number of nitrogens with zero attached hydrogens (tertiary/aromatic N) is 1. The molecule has 2 nitrogen and oxygen atoms in total. The van der Waals surface area contributed by atoms with Crippen molar-refractivity contribution in [2.75, 3.05) is 0 Å². The van der Waals surface area contributed by atoms with E-state index in [9.17, 15) is 0 Å². The monoisotopic (exact) mass is 301 g/mol.